The third-order valence-corrected chi connectivity index (χ3v) is 4.44. The van der Waals surface area contributed by atoms with Crippen LogP contribution in [0.4, 0.5) is 5.82 Å². The van der Waals surface area contributed by atoms with Crippen molar-refractivity contribution in [2.24, 2.45) is 0 Å². The zero-order chi connectivity index (χ0) is 12.4. The molecule has 4 nitrogen and oxygen atoms in total. The van der Waals surface area contributed by atoms with Gasteiger partial charge in [-0.15, -0.1) is 0 Å². The molecule has 1 fully saturated rings. The summed E-state index contributed by atoms with van der Waals surface area (Å²) in [5.74, 6) is 4.47. The van der Waals surface area contributed by atoms with Gasteiger partial charge in [-0.3, -0.25) is 0 Å². The smallest absolute Gasteiger partial charge is 0.136 e. The van der Waals surface area contributed by atoms with E-state index in [1.54, 1.807) is 0 Å². The van der Waals surface area contributed by atoms with Crippen LogP contribution in [-0.2, 0) is 16.2 Å². The van der Waals surface area contributed by atoms with Gasteiger partial charge in [0.1, 0.15) is 11.6 Å². The van der Waals surface area contributed by atoms with E-state index >= 15 is 0 Å². The van der Waals surface area contributed by atoms with Gasteiger partial charge >= 0.3 is 0 Å². The second kappa shape index (κ2) is 5.45. The van der Waals surface area contributed by atoms with Crippen molar-refractivity contribution in [3.63, 3.8) is 0 Å². The molecular formula is C13H19N3OS. The topological polar surface area (TPSA) is 47.0 Å². The van der Waals surface area contributed by atoms with E-state index in [1.807, 2.05) is 11.8 Å². The lowest BCUT2D eigenvalue weighted by Crippen LogP contribution is -2.19. The number of anilines is 1. The van der Waals surface area contributed by atoms with Crippen LogP contribution in [0.3, 0.4) is 0 Å². The monoisotopic (exact) mass is 265 g/mol. The molecule has 1 unspecified atom stereocenters. The van der Waals surface area contributed by atoms with Crippen molar-refractivity contribution in [1.29, 1.82) is 0 Å². The standard InChI is InChI=1S/C13H19N3OS/c1-2-14-13-10-7-18-8-11(10)15-12(16-13)9-4-3-5-17-6-9/h9H,2-8H2,1H3,(H,14,15,16). The Morgan fingerprint density at radius 3 is 3.11 bits per heavy atom. The number of aromatic nitrogens is 2. The molecule has 0 aromatic carbocycles. The van der Waals surface area contributed by atoms with Gasteiger partial charge in [0.05, 0.1) is 12.3 Å². The third kappa shape index (κ3) is 2.34. The van der Waals surface area contributed by atoms with Gasteiger partial charge in [0, 0.05) is 36.1 Å². The molecule has 98 valence electrons. The molecule has 0 bridgehead atoms. The van der Waals surface area contributed by atoms with E-state index in [0.29, 0.717) is 5.92 Å². The van der Waals surface area contributed by atoms with Crippen LogP contribution >= 0.6 is 11.8 Å². The second-order valence-electron chi connectivity index (χ2n) is 4.79. The molecule has 3 rings (SSSR count). The summed E-state index contributed by atoms with van der Waals surface area (Å²) in [6.07, 6.45) is 2.27. The van der Waals surface area contributed by atoms with Crippen LogP contribution < -0.4 is 5.32 Å². The molecule has 0 aliphatic carbocycles. The Bertz CT molecular complexity index is 432. The Kier molecular flexibility index (Phi) is 3.70. The SMILES string of the molecule is CCNc1nc(C2CCCOC2)nc2c1CSC2. The predicted octanol–water partition coefficient (Wildman–Crippen LogP) is 2.55. The molecule has 1 aromatic heterocycles. The molecule has 18 heavy (non-hydrogen) atoms. The molecule has 1 aromatic rings. The van der Waals surface area contributed by atoms with E-state index in [-0.39, 0.29) is 0 Å². The van der Waals surface area contributed by atoms with E-state index in [1.165, 1.54) is 11.3 Å². The molecule has 0 radical (unpaired) electrons. The van der Waals surface area contributed by atoms with Crippen molar-refractivity contribution in [2.75, 3.05) is 25.1 Å². The molecule has 2 aliphatic heterocycles. The zero-order valence-electron chi connectivity index (χ0n) is 10.7. The van der Waals surface area contributed by atoms with E-state index in [4.69, 9.17) is 14.7 Å². The van der Waals surface area contributed by atoms with E-state index in [0.717, 1.165) is 55.7 Å². The molecule has 1 N–H and O–H groups in total. The van der Waals surface area contributed by atoms with Crippen LogP contribution in [0.2, 0.25) is 0 Å². The lowest BCUT2D eigenvalue weighted by atomic mass is 10.0. The van der Waals surface area contributed by atoms with Gasteiger partial charge in [-0.1, -0.05) is 0 Å². The first-order valence-electron chi connectivity index (χ1n) is 6.67. The molecule has 3 heterocycles. The number of nitrogens with one attached hydrogen (secondary N) is 1. The van der Waals surface area contributed by atoms with Gasteiger partial charge in [-0.05, 0) is 19.8 Å². The summed E-state index contributed by atoms with van der Waals surface area (Å²) in [6, 6.07) is 0. The minimum absolute atomic E-state index is 0.382. The van der Waals surface area contributed by atoms with Crippen molar-refractivity contribution in [3.8, 4) is 0 Å². The van der Waals surface area contributed by atoms with Crippen LogP contribution in [0, 0.1) is 0 Å². The summed E-state index contributed by atoms with van der Waals surface area (Å²) in [7, 11) is 0. The summed E-state index contributed by atoms with van der Waals surface area (Å²) >= 11 is 1.92. The van der Waals surface area contributed by atoms with Gasteiger partial charge in [-0.2, -0.15) is 11.8 Å². The van der Waals surface area contributed by atoms with Gasteiger partial charge in [-0.25, -0.2) is 9.97 Å². The number of rotatable bonds is 3. The lowest BCUT2D eigenvalue weighted by molar-refractivity contribution is 0.0780. The van der Waals surface area contributed by atoms with Gasteiger partial charge in [0.15, 0.2) is 0 Å². The molecule has 2 aliphatic rings. The molecule has 0 amide bonds. The summed E-state index contributed by atoms with van der Waals surface area (Å²) in [5.41, 5.74) is 2.54. The number of thioether (sulfide) groups is 1. The quantitative estimate of drug-likeness (QED) is 0.910. The number of nitrogens with zero attached hydrogens (tertiary/aromatic N) is 2. The average Bonchev–Trinajstić information content (AvgIpc) is 2.88. The van der Waals surface area contributed by atoms with Crippen molar-refractivity contribution in [2.45, 2.75) is 37.2 Å². The zero-order valence-corrected chi connectivity index (χ0v) is 11.6. The second-order valence-corrected chi connectivity index (χ2v) is 5.78. The molecule has 0 spiro atoms. The maximum absolute atomic E-state index is 5.55. The molecular weight excluding hydrogens is 246 g/mol. The first-order chi connectivity index (χ1) is 8.88. The highest BCUT2D eigenvalue weighted by atomic mass is 32.2. The summed E-state index contributed by atoms with van der Waals surface area (Å²) < 4.78 is 5.55. The fourth-order valence-electron chi connectivity index (χ4n) is 2.51. The minimum Gasteiger partial charge on any atom is -0.381 e. The summed E-state index contributed by atoms with van der Waals surface area (Å²) in [5, 5.41) is 3.38. The Morgan fingerprint density at radius 2 is 2.33 bits per heavy atom. The Morgan fingerprint density at radius 1 is 1.39 bits per heavy atom. The summed E-state index contributed by atoms with van der Waals surface area (Å²) in [6.45, 7) is 4.68. The molecule has 5 heteroatoms. The van der Waals surface area contributed by atoms with Gasteiger partial charge < -0.3 is 10.1 Å². The van der Waals surface area contributed by atoms with Crippen molar-refractivity contribution in [3.05, 3.63) is 17.1 Å². The highest BCUT2D eigenvalue weighted by Crippen LogP contribution is 2.34. The van der Waals surface area contributed by atoms with Crippen molar-refractivity contribution < 1.29 is 4.74 Å². The van der Waals surface area contributed by atoms with Crippen molar-refractivity contribution >= 4 is 17.6 Å². The van der Waals surface area contributed by atoms with Crippen LogP contribution in [0.25, 0.3) is 0 Å². The minimum atomic E-state index is 0.382. The lowest BCUT2D eigenvalue weighted by Gasteiger charge is -2.22. The highest BCUT2D eigenvalue weighted by molar-refractivity contribution is 7.98. The maximum atomic E-state index is 5.55. The fraction of sp³-hybridized carbons (Fsp3) is 0.692. The highest BCUT2D eigenvalue weighted by Gasteiger charge is 2.24. The van der Waals surface area contributed by atoms with E-state index in [9.17, 15) is 0 Å². The van der Waals surface area contributed by atoms with E-state index in [2.05, 4.69) is 12.2 Å². The Hall–Kier alpha value is -0.810. The van der Waals surface area contributed by atoms with Gasteiger partial charge in [0.25, 0.3) is 0 Å². The van der Waals surface area contributed by atoms with Crippen molar-refractivity contribution in [1.82, 2.24) is 9.97 Å². The first-order valence-corrected chi connectivity index (χ1v) is 7.83. The fourth-order valence-corrected chi connectivity index (χ4v) is 3.55. The third-order valence-electron chi connectivity index (χ3n) is 3.46. The molecule has 0 saturated carbocycles. The van der Waals surface area contributed by atoms with Crippen LogP contribution in [0.15, 0.2) is 0 Å². The number of hydrogen-bond acceptors (Lipinski definition) is 5. The van der Waals surface area contributed by atoms with Crippen LogP contribution in [0.5, 0.6) is 0 Å². The maximum Gasteiger partial charge on any atom is 0.136 e. The molecule has 1 atom stereocenters. The summed E-state index contributed by atoms with van der Waals surface area (Å²) in [4.78, 5) is 9.51. The Labute approximate surface area is 112 Å². The Balaban J connectivity index is 1.92. The number of fused-ring (bicyclic) bond motifs is 1. The normalized spacial score (nSPS) is 22.8. The predicted molar refractivity (Wildman–Crippen MR) is 74.0 cm³/mol. The number of hydrogen-bond donors (Lipinski definition) is 1. The van der Waals surface area contributed by atoms with Crippen LogP contribution in [-0.4, -0.2) is 29.7 Å². The molecule has 1 saturated heterocycles. The largest absolute Gasteiger partial charge is 0.381 e. The first kappa shape index (κ1) is 12.2. The van der Waals surface area contributed by atoms with Crippen LogP contribution in [0.1, 0.15) is 42.8 Å². The number of ether oxygens (including phenoxy) is 1. The average molecular weight is 265 g/mol. The van der Waals surface area contributed by atoms with E-state index < -0.39 is 0 Å². The van der Waals surface area contributed by atoms with Gasteiger partial charge in [0.2, 0.25) is 0 Å².